The van der Waals surface area contributed by atoms with Crippen LogP contribution >= 0.6 is 0 Å². The lowest BCUT2D eigenvalue weighted by Crippen LogP contribution is -2.70. The summed E-state index contributed by atoms with van der Waals surface area (Å²) in [6.45, 7) is 13.4. The Kier molecular flexibility index (Phi) is 18.4. The highest BCUT2D eigenvalue weighted by atomic mass is 16.8. The van der Waals surface area contributed by atoms with E-state index in [4.69, 9.17) is 42.6 Å². The zero-order valence-corrected chi connectivity index (χ0v) is 48.0. The molecule has 0 spiro atoms. The topological polar surface area (TPSA) is 400 Å². The van der Waals surface area contributed by atoms with Crippen molar-refractivity contribution in [3.05, 3.63) is 23.3 Å². The van der Waals surface area contributed by atoms with Gasteiger partial charge in [0.2, 0.25) is 0 Å². The monoisotopic (exact) mass is 1170 g/mol. The number of aliphatic hydroxyl groups is 13. The van der Waals surface area contributed by atoms with Gasteiger partial charge in [-0.2, -0.15) is 0 Å². The van der Waals surface area contributed by atoms with E-state index in [0.29, 0.717) is 50.5 Å². The molecule has 4 aliphatic heterocycles. The van der Waals surface area contributed by atoms with Crippen molar-refractivity contribution >= 4 is 11.9 Å². The third-order valence-electron chi connectivity index (χ3n) is 21.9. The molecule has 468 valence electrons. The summed E-state index contributed by atoms with van der Waals surface area (Å²) in [5.74, 6) is -2.87. The number of rotatable bonds is 14. The number of allylic oxidation sites excluding steroid dienone is 3. The molecule has 4 saturated heterocycles. The van der Waals surface area contributed by atoms with E-state index in [1.807, 2.05) is 6.92 Å². The third kappa shape index (κ3) is 10.5. The van der Waals surface area contributed by atoms with Gasteiger partial charge in [-0.05, 0) is 105 Å². The highest BCUT2D eigenvalue weighted by Crippen LogP contribution is 2.76. The van der Waals surface area contributed by atoms with Crippen LogP contribution in [0.3, 0.4) is 0 Å². The minimum atomic E-state index is -2.24. The summed E-state index contributed by atoms with van der Waals surface area (Å²) in [4.78, 5) is 26.6. The van der Waals surface area contributed by atoms with Crippen molar-refractivity contribution in [2.24, 2.45) is 50.2 Å². The Labute approximate surface area is 476 Å². The maximum absolute atomic E-state index is 13.4. The van der Waals surface area contributed by atoms with Crippen molar-refractivity contribution in [3.63, 3.8) is 0 Å². The number of hydrogen-bond acceptors (Lipinski definition) is 24. The van der Waals surface area contributed by atoms with Gasteiger partial charge < -0.3 is 114 Å². The summed E-state index contributed by atoms with van der Waals surface area (Å²) in [7, 11) is 0. The fraction of sp³-hybridized carbons (Fsp3) is 0.895. The van der Waals surface area contributed by atoms with E-state index in [0.717, 1.165) is 5.57 Å². The molecule has 4 heterocycles. The molecule has 0 bridgehead atoms. The molecule has 0 radical (unpaired) electrons. The number of ether oxygens (including phenoxy) is 9. The first-order valence-corrected chi connectivity index (χ1v) is 29.0. The van der Waals surface area contributed by atoms with Crippen LogP contribution in [0.1, 0.15) is 107 Å². The second-order valence-corrected chi connectivity index (χ2v) is 26.9. The molecule has 29 atom stereocenters. The van der Waals surface area contributed by atoms with Crippen LogP contribution in [0.5, 0.6) is 0 Å². The second kappa shape index (κ2) is 23.6. The average molecular weight is 1180 g/mol. The fourth-order valence-electron chi connectivity index (χ4n) is 16.8. The number of fused-ring (bicyclic) bond motifs is 7. The summed E-state index contributed by atoms with van der Waals surface area (Å²) in [6, 6.07) is 0. The number of carbonyl (C=O) groups excluding carboxylic acids is 1. The molecule has 25 nitrogen and oxygen atoms in total. The number of esters is 1. The van der Waals surface area contributed by atoms with E-state index in [2.05, 4.69) is 40.7 Å². The number of carbonyl (C=O) groups is 2. The van der Waals surface area contributed by atoms with Crippen molar-refractivity contribution in [1.82, 2.24) is 0 Å². The zero-order valence-electron chi connectivity index (χ0n) is 48.0. The summed E-state index contributed by atoms with van der Waals surface area (Å²) in [5.41, 5.74) is -2.63. The minimum Gasteiger partial charge on any atom is -0.479 e. The number of aliphatic carboxylic acids is 1. The van der Waals surface area contributed by atoms with Crippen molar-refractivity contribution in [2.75, 3.05) is 33.0 Å². The van der Waals surface area contributed by atoms with Crippen LogP contribution in [-0.2, 0) is 52.2 Å². The Hall–Kier alpha value is -2.42. The SMILES string of the molecule is C/C=C(/C)C(=O)O[C@H]1CC(C)(C)CC2C3=CCC4[C@@]5(C)CC[C@H](O[C@@H]6O[C@H](C(=O)O)[C@@H](O)[C@H](O[C@@H]7OC[C@H](O)[C@H](O)[C@H]7O[C@@H]7OC[C@@H](O)[C@H](O)[C@H]7O)[C@H]6O[C@@H]6O[C@H](CO)[C@H](O)[C@H](O)[C@H]6O)C(C)(CO)C5CC[C@@]4(C)[C@]3(C)C[C@@H](O)[C@]21CO. The first-order valence-electron chi connectivity index (χ1n) is 29.0. The lowest BCUT2D eigenvalue weighted by Gasteiger charge is -2.72. The van der Waals surface area contributed by atoms with Gasteiger partial charge in [-0.1, -0.05) is 59.3 Å². The molecule has 0 aromatic rings. The van der Waals surface area contributed by atoms with Crippen LogP contribution in [0, 0.1) is 50.2 Å². The minimum absolute atomic E-state index is 0.0405. The van der Waals surface area contributed by atoms with Crippen molar-refractivity contribution < 1.29 is 124 Å². The maximum atomic E-state index is 13.4. The van der Waals surface area contributed by atoms with Crippen LogP contribution in [0.15, 0.2) is 23.3 Å². The molecule has 8 fully saturated rings. The molecule has 0 amide bonds. The van der Waals surface area contributed by atoms with E-state index < -0.39 is 194 Å². The van der Waals surface area contributed by atoms with Crippen molar-refractivity contribution in [3.8, 4) is 0 Å². The van der Waals surface area contributed by atoms with Crippen molar-refractivity contribution in [2.45, 2.75) is 236 Å². The number of hydrogen-bond donors (Lipinski definition) is 14. The Morgan fingerprint density at radius 3 is 1.91 bits per heavy atom. The van der Waals surface area contributed by atoms with Crippen LogP contribution in [-0.4, -0.2) is 245 Å². The van der Waals surface area contributed by atoms with Gasteiger partial charge in [0.25, 0.3) is 0 Å². The Balaban J connectivity index is 1.04. The van der Waals surface area contributed by atoms with Crippen molar-refractivity contribution in [1.29, 1.82) is 0 Å². The predicted molar refractivity (Wildman–Crippen MR) is 279 cm³/mol. The summed E-state index contributed by atoms with van der Waals surface area (Å²) < 4.78 is 54.7. The summed E-state index contributed by atoms with van der Waals surface area (Å²) in [6.07, 6.45) is -28.9. The van der Waals surface area contributed by atoms with Crippen LogP contribution < -0.4 is 0 Å². The van der Waals surface area contributed by atoms with E-state index in [1.165, 1.54) is 0 Å². The van der Waals surface area contributed by atoms with Gasteiger partial charge in [0.15, 0.2) is 31.3 Å². The summed E-state index contributed by atoms with van der Waals surface area (Å²) in [5, 5.41) is 155. The molecule has 5 aliphatic carbocycles. The largest absolute Gasteiger partial charge is 0.479 e. The van der Waals surface area contributed by atoms with Crippen LogP contribution in [0.25, 0.3) is 0 Å². The average Bonchev–Trinajstić information content (AvgIpc) is 0.800. The van der Waals surface area contributed by atoms with Gasteiger partial charge in [-0.15, -0.1) is 0 Å². The predicted octanol–water partition coefficient (Wildman–Crippen LogP) is -1.76. The van der Waals surface area contributed by atoms with Crippen LogP contribution in [0.4, 0.5) is 0 Å². The standard InChI is InChI=1S/C57H90O25/c1-9-24(2)47(73)77-34-18-52(3,4)16-26-25-10-11-31-53(5)14-13-33(54(6,22-59)30(53)12-15-55(31,7)56(25,8)17-32(63)57(26,34)23-60)78-51-45(82-49-40(69)38(67)37(66)29(19-58)76-49)42(41(70)43(80-51)46(71)72)79-50-44(36(65)28(62)21-75-50)81-48-39(68)35(64)27(61)20-74-48/h9-10,26-45,48-51,58-70H,11-23H2,1-8H3,(H,71,72)/b24-9-/t26?,27-,28+,29-,30?,31?,32-,33+,34+,35+,36+,37+,38+,39-,40-,41+,42+,43+,44-,45-,48+,49+,50+,51-,53+,54?,55-,56-,57+/m1/s1. The van der Waals surface area contributed by atoms with Gasteiger partial charge in [0.05, 0.1) is 50.7 Å². The quantitative estimate of drug-likeness (QED) is 0.0396. The molecule has 4 saturated carbocycles. The molecule has 0 aromatic carbocycles. The highest BCUT2D eigenvalue weighted by Gasteiger charge is 2.73. The van der Waals surface area contributed by atoms with E-state index in [1.54, 1.807) is 19.9 Å². The molecule has 9 rings (SSSR count). The molecule has 0 aromatic heterocycles. The number of carboxylic acids is 1. The lowest BCUT2D eigenvalue weighted by atomic mass is 9.33. The zero-order chi connectivity index (χ0) is 60.1. The van der Waals surface area contributed by atoms with E-state index in [9.17, 15) is 81.1 Å². The molecule has 14 N–H and O–H groups in total. The lowest BCUT2D eigenvalue weighted by molar-refractivity contribution is -0.400. The van der Waals surface area contributed by atoms with Gasteiger partial charge in [-0.3, -0.25) is 0 Å². The van der Waals surface area contributed by atoms with E-state index in [-0.39, 0.29) is 36.2 Å². The highest BCUT2D eigenvalue weighted by molar-refractivity contribution is 5.87. The molecule has 82 heavy (non-hydrogen) atoms. The van der Waals surface area contributed by atoms with Crippen LogP contribution in [0.2, 0.25) is 0 Å². The first-order chi connectivity index (χ1) is 38.4. The normalized spacial score (nSPS) is 52.3. The maximum Gasteiger partial charge on any atom is 0.335 e. The molecule has 25 heteroatoms. The number of aliphatic hydroxyl groups excluding tert-OH is 13. The number of carboxylic acid groups (broad SMARTS) is 1. The first kappa shape index (κ1) is 64.1. The second-order valence-electron chi connectivity index (χ2n) is 26.9. The third-order valence-corrected chi connectivity index (χ3v) is 21.9. The molecular weight excluding hydrogens is 1080 g/mol. The molecular formula is C57H90O25. The van der Waals surface area contributed by atoms with Gasteiger partial charge in [0.1, 0.15) is 85.5 Å². The van der Waals surface area contributed by atoms with Gasteiger partial charge in [-0.25, -0.2) is 9.59 Å². The Bertz CT molecular complexity index is 2350. The van der Waals surface area contributed by atoms with E-state index >= 15 is 0 Å². The van der Waals surface area contributed by atoms with Gasteiger partial charge in [0, 0.05) is 11.0 Å². The molecule has 4 unspecified atom stereocenters. The Morgan fingerprint density at radius 1 is 0.646 bits per heavy atom. The Morgan fingerprint density at radius 2 is 1.28 bits per heavy atom. The van der Waals surface area contributed by atoms with Gasteiger partial charge >= 0.3 is 11.9 Å². The smallest absolute Gasteiger partial charge is 0.335 e. The molecule has 9 aliphatic rings. The summed E-state index contributed by atoms with van der Waals surface area (Å²) >= 11 is 0. The fourth-order valence-corrected chi connectivity index (χ4v) is 16.8.